The highest BCUT2D eigenvalue weighted by molar-refractivity contribution is 5.91. The number of nitrogens with zero attached hydrogens (tertiary/aromatic N) is 4. The summed E-state index contributed by atoms with van der Waals surface area (Å²) < 4.78 is 0. The molecule has 1 aliphatic rings. The molecule has 1 aromatic rings. The maximum atomic E-state index is 11.7. The van der Waals surface area contributed by atoms with E-state index in [9.17, 15) is 4.79 Å². The van der Waals surface area contributed by atoms with Crippen LogP contribution in [0.15, 0.2) is 12.1 Å². The Hall–Kier alpha value is -1.69. The zero-order valence-electron chi connectivity index (χ0n) is 11.7. The molecule has 104 valence electrons. The van der Waals surface area contributed by atoms with Crippen molar-refractivity contribution in [2.75, 3.05) is 32.1 Å². The molecule has 1 saturated heterocycles. The Kier molecular flexibility index (Phi) is 3.99. The molecule has 2 atom stereocenters. The van der Waals surface area contributed by atoms with Gasteiger partial charge in [-0.15, -0.1) is 10.2 Å². The fourth-order valence-electron chi connectivity index (χ4n) is 2.47. The van der Waals surface area contributed by atoms with Crippen LogP contribution in [-0.2, 0) is 0 Å². The van der Waals surface area contributed by atoms with Crippen molar-refractivity contribution in [1.29, 1.82) is 0 Å². The number of rotatable bonds is 3. The summed E-state index contributed by atoms with van der Waals surface area (Å²) in [6.07, 6.45) is 1.11. The largest absolute Gasteiger partial charge is 0.351 e. The topological polar surface area (TPSA) is 75.4 Å². The normalized spacial score (nSPS) is 22.6. The third-order valence-electron chi connectivity index (χ3n) is 3.69. The van der Waals surface area contributed by atoms with Crippen molar-refractivity contribution >= 4 is 11.7 Å². The summed E-state index contributed by atoms with van der Waals surface area (Å²) in [4.78, 5) is 15.4. The van der Waals surface area contributed by atoms with Gasteiger partial charge in [-0.25, -0.2) is 0 Å². The van der Waals surface area contributed by atoms with E-state index in [1.807, 2.05) is 6.07 Å². The molecule has 2 unspecified atom stereocenters. The average Bonchev–Trinajstić information content (AvgIpc) is 2.79. The molecule has 0 saturated carbocycles. The first-order chi connectivity index (χ1) is 9.04. The van der Waals surface area contributed by atoms with Crippen molar-refractivity contribution < 1.29 is 4.79 Å². The maximum absolute atomic E-state index is 11.7. The van der Waals surface area contributed by atoms with Gasteiger partial charge in [-0.1, -0.05) is 6.92 Å². The van der Waals surface area contributed by atoms with Gasteiger partial charge in [-0.2, -0.15) is 0 Å². The SMILES string of the molecule is CC1CCN(c2ccc(C(=O)N(C)C)nn2)C1CN. The van der Waals surface area contributed by atoms with Crippen molar-refractivity contribution in [3.05, 3.63) is 17.8 Å². The second kappa shape index (κ2) is 5.52. The van der Waals surface area contributed by atoms with E-state index in [4.69, 9.17) is 5.73 Å². The predicted octanol–water partition coefficient (Wildman–Crippen LogP) is 0.352. The van der Waals surface area contributed by atoms with Crippen LogP contribution in [0.3, 0.4) is 0 Å². The highest BCUT2D eigenvalue weighted by atomic mass is 16.2. The minimum absolute atomic E-state index is 0.135. The number of carbonyl (C=O) groups is 1. The molecular weight excluding hydrogens is 242 g/mol. The summed E-state index contributed by atoms with van der Waals surface area (Å²) in [5.74, 6) is 1.23. The van der Waals surface area contributed by atoms with E-state index in [0.717, 1.165) is 18.8 Å². The summed E-state index contributed by atoms with van der Waals surface area (Å²) in [5, 5.41) is 8.18. The van der Waals surface area contributed by atoms with Crippen LogP contribution in [0, 0.1) is 5.92 Å². The van der Waals surface area contributed by atoms with Crippen LogP contribution in [0.25, 0.3) is 0 Å². The molecule has 2 rings (SSSR count). The molecule has 6 heteroatoms. The quantitative estimate of drug-likeness (QED) is 0.851. The Bertz CT molecular complexity index is 445. The van der Waals surface area contributed by atoms with E-state index in [-0.39, 0.29) is 5.91 Å². The number of carbonyl (C=O) groups excluding carboxylic acids is 1. The third-order valence-corrected chi connectivity index (χ3v) is 3.69. The first-order valence-electron chi connectivity index (χ1n) is 6.56. The molecular formula is C13H21N5O. The summed E-state index contributed by atoms with van der Waals surface area (Å²) >= 11 is 0. The van der Waals surface area contributed by atoms with Gasteiger partial charge < -0.3 is 15.5 Å². The van der Waals surface area contributed by atoms with Crippen molar-refractivity contribution in [1.82, 2.24) is 15.1 Å². The van der Waals surface area contributed by atoms with E-state index in [1.54, 1.807) is 20.2 Å². The van der Waals surface area contributed by atoms with Crippen LogP contribution in [0.2, 0.25) is 0 Å². The molecule has 0 aliphatic carbocycles. The lowest BCUT2D eigenvalue weighted by molar-refractivity contribution is 0.0821. The van der Waals surface area contributed by atoms with Crippen LogP contribution in [0.1, 0.15) is 23.8 Å². The number of hydrogen-bond acceptors (Lipinski definition) is 5. The highest BCUT2D eigenvalue weighted by Crippen LogP contribution is 2.27. The summed E-state index contributed by atoms with van der Waals surface area (Å²) in [6.45, 7) is 3.76. The first kappa shape index (κ1) is 13.7. The van der Waals surface area contributed by atoms with Gasteiger partial charge in [0, 0.05) is 33.2 Å². The molecule has 1 aromatic heterocycles. The predicted molar refractivity (Wildman–Crippen MR) is 74.0 cm³/mol. The Morgan fingerprint density at radius 1 is 1.47 bits per heavy atom. The average molecular weight is 263 g/mol. The van der Waals surface area contributed by atoms with Crippen molar-refractivity contribution in [2.45, 2.75) is 19.4 Å². The van der Waals surface area contributed by atoms with Gasteiger partial charge in [-0.3, -0.25) is 4.79 Å². The van der Waals surface area contributed by atoms with Crippen molar-refractivity contribution in [3.63, 3.8) is 0 Å². The molecule has 19 heavy (non-hydrogen) atoms. The molecule has 6 nitrogen and oxygen atoms in total. The Labute approximate surface area is 113 Å². The molecule has 0 spiro atoms. The molecule has 2 heterocycles. The van der Waals surface area contributed by atoms with Crippen LogP contribution >= 0.6 is 0 Å². The zero-order chi connectivity index (χ0) is 14.0. The molecule has 0 radical (unpaired) electrons. The lowest BCUT2D eigenvalue weighted by Crippen LogP contribution is -2.39. The van der Waals surface area contributed by atoms with Gasteiger partial charge in [0.05, 0.1) is 0 Å². The highest BCUT2D eigenvalue weighted by Gasteiger charge is 2.31. The molecule has 1 fully saturated rings. The Morgan fingerprint density at radius 3 is 2.74 bits per heavy atom. The number of amides is 1. The maximum Gasteiger partial charge on any atom is 0.273 e. The number of nitrogens with two attached hydrogens (primary N) is 1. The molecule has 1 aliphatic heterocycles. The lowest BCUT2D eigenvalue weighted by atomic mass is 10.0. The van der Waals surface area contributed by atoms with Gasteiger partial charge in [0.2, 0.25) is 0 Å². The molecule has 0 aromatic carbocycles. The van der Waals surface area contributed by atoms with E-state index >= 15 is 0 Å². The molecule has 2 N–H and O–H groups in total. The van der Waals surface area contributed by atoms with E-state index in [1.165, 1.54) is 4.90 Å². The minimum atomic E-state index is -0.135. The summed E-state index contributed by atoms with van der Waals surface area (Å²) in [7, 11) is 3.40. The van der Waals surface area contributed by atoms with Gasteiger partial charge in [0.15, 0.2) is 11.5 Å². The van der Waals surface area contributed by atoms with E-state index < -0.39 is 0 Å². The zero-order valence-corrected chi connectivity index (χ0v) is 11.7. The van der Waals surface area contributed by atoms with Gasteiger partial charge >= 0.3 is 0 Å². The van der Waals surface area contributed by atoms with Crippen LogP contribution in [0.5, 0.6) is 0 Å². The standard InChI is InChI=1S/C13H21N5O/c1-9-6-7-18(11(9)8-14)12-5-4-10(15-16-12)13(19)17(2)3/h4-5,9,11H,6-8,14H2,1-3H3. The lowest BCUT2D eigenvalue weighted by Gasteiger charge is -2.26. The van der Waals surface area contributed by atoms with Gasteiger partial charge in [0.25, 0.3) is 5.91 Å². The van der Waals surface area contributed by atoms with E-state index in [2.05, 4.69) is 22.0 Å². The van der Waals surface area contributed by atoms with Gasteiger partial charge in [0.1, 0.15) is 0 Å². The smallest absolute Gasteiger partial charge is 0.273 e. The number of aromatic nitrogens is 2. The second-order valence-corrected chi connectivity index (χ2v) is 5.24. The third kappa shape index (κ3) is 2.68. The van der Waals surface area contributed by atoms with Gasteiger partial charge in [-0.05, 0) is 24.5 Å². The molecule has 1 amide bonds. The van der Waals surface area contributed by atoms with Crippen LogP contribution in [-0.4, -0.2) is 54.2 Å². The van der Waals surface area contributed by atoms with Crippen molar-refractivity contribution in [3.8, 4) is 0 Å². The Morgan fingerprint density at radius 2 is 2.21 bits per heavy atom. The fourth-order valence-corrected chi connectivity index (χ4v) is 2.47. The second-order valence-electron chi connectivity index (χ2n) is 5.24. The number of hydrogen-bond donors (Lipinski definition) is 1. The summed E-state index contributed by atoms with van der Waals surface area (Å²) in [6, 6.07) is 3.88. The fraction of sp³-hybridized carbons (Fsp3) is 0.615. The molecule has 0 bridgehead atoms. The van der Waals surface area contributed by atoms with E-state index in [0.29, 0.717) is 24.2 Å². The first-order valence-corrected chi connectivity index (χ1v) is 6.56. The van der Waals surface area contributed by atoms with Crippen LogP contribution < -0.4 is 10.6 Å². The van der Waals surface area contributed by atoms with Crippen molar-refractivity contribution in [2.24, 2.45) is 11.7 Å². The minimum Gasteiger partial charge on any atom is -0.351 e. The van der Waals surface area contributed by atoms with Crippen LogP contribution in [0.4, 0.5) is 5.82 Å². The summed E-state index contributed by atoms with van der Waals surface area (Å²) in [5.41, 5.74) is 6.19. The number of anilines is 1. The monoisotopic (exact) mass is 263 g/mol. The Balaban J connectivity index is 2.17.